The highest BCUT2D eigenvalue weighted by Gasteiger charge is 1.99. The summed E-state index contributed by atoms with van der Waals surface area (Å²) in [5.74, 6) is 1.69. The van der Waals surface area contributed by atoms with Crippen molar-refractivity contribution in [3.05, 3.63) is 48.0 Å². The van der Waals surface area contributed by atoms with Crippen molar-refractivity contribution in [2.45, 2.75) is 6.42 Å². The molecular weight excluding hydrogens is 228 g/mol. The van der Waals surface area contributed by atoms with Crippen LogP contribution in [0.15, 0.2) is 42.5 Å². The van der Waals surface area contributed by atoms with Gasteiger partial charge < -0.3 is 15.2 Å². The fraction of sp³-hybridized carbons (Fsp3) is 0.214. The smallest absolute Gasteiger partial charge is 0.221 e. The van der Waals surface area contributed by atoms with Crippen LogP contribution in [-0.2, 0) is 11.2 Å². The number of nitrogens with two attached hydrogens (primary N) is 1. The molecule has 94 valence electrons. The van der Waals surface area contributed by atoms with Crippen LogP contribution in [0.5, 0.6) is 11.6 Å². The standard InChI is InChI=1S/C14H16N2O2/c1-17-10-9-11-5-7-12(8-6-11)18-14-4-2-3-13(15)16-14/h2-8H,9-10H2,1H3,(H2,15,16). The highest BCUT2D eigenvalue weighted by molar-refractivity contribution is 5.35. The van der Waals surface area contributed by atoms with Gasteiger partial charge in [-0.3, -0.25) is 0 Å². The first-order valence-corrected chi connectivity index (χ1v) is 5.76. The Balaban J connectivity index is 2.02. The molecule has 0 unspecified atom stereocenters. The number of benzene rings is 1. The first-order chi connectivity index (χ1) is 8.78. The SMILES string of the molecule is COCCc1ccc(Oc2cccc(N)n2)cc1. The topological polar surface area (TPSA) is 57.4 Å². The van der Waals surface area contributed by atoms with Crippen molar-refractivity contribution in [2.24, 2.45) is 0 Å². The Bertz CT molecular complexity index is 497. The van der Waals surface area contributed by atoms with Crippen LogP contribution in [0.25, 0.3) is 0 Å². The fourth-order valence-electron chi connectivity index (χ4n) is 1.55. The average molecular weight is 244 g/mol. The van der Waals surface area contributed by atoms with Gasteiger partial charge in [0, 0.05) is 13.2 Å². The lowest BCUT2D eigenvalue weighted by Gasteiger charge is -2.06. The summed E-state index contributed by atoms with van der Waals surface area (Å²) in [5.41, 5.74) is 6.80. The minimum absolute atomic E-state index is 0.448. The summed E-state index contributed by atoms with van der Waals surface area (Å²) in [7, 11) is 1.70. The molecular formula is C14H16N2O2. The molecule has 0 saturated heterocycles. The molecule has 4 nitrogen and oxygen atoms in total. The van der Waals surface area contributed by atoms with Crippen molar-refractivity contribution >= 4 is 5.82 Å². The predicted octanol–water partition coefficient (Wildman–Crippen LogP) is 2.65. The van der Waals surface area contributed by atoms with Crippen LogP contribution in [-0.4, -0.2) is 18.7 Å². The van der Waals surface area contributed by atoms with Gasteiger partial charge in [0.25, 0.3) is 0 Å². The first-order valence-electron chi connectivity index (χ1n) is 5.76. The summed E-state index contributed by atoms with van der Waals surface area (Å²) in [4.78, 5) is 4.08. The molecule has 4 heteroatoms. The summed E-state index contributed by atoms with van der Waals surface area (Å²) in [6.07, 6.45) is 0.896. The van der Waals surface area contributed by atoms with Gasteiger partial charge >= 0.3 is 0 Å². The van der Waals surface area contributed by atoms with Gasteiger partial charge in [0.05, 0.1) is 6.61 Å². The number of anilines is 1. The third-order valence-corrected chi connectivity index (χ3v) is 2.49. The quantitative estimate of drug-likeness (QED) is 0.878. The third-order valence-electron chi connectivity index (χ3n) is 2.49. The lowest BCUT2D eigenvalue weighted by Crippen LogP contribution is -1.95. The van der Waals surface area contributed by atoms with Gasteiger partial charge in [0.15, 0.2) is 0 Å². The van der Waals surface area contributed by atoms with E-state index >= 15 is 0 Å². The molecule has 0 saturated carbocycles. The van der Waals surface area contributed by atoms with E-state index in [4.69, 9.17) is 15.2 Å². The zero-order valence-corrected chi connectivity index (χ0v) is 10.3. The number of pyridine rings is 1. The molecule has 18 heavy (non-hydrogen) atoms. The number of aromatic nitrogens is 1. The van der Waals surface area contributed by atoms with Crippen LogP contribution >= 0.6 is 0 Å². The number of nitrogen functional groups attached to an aromatic ring is 1. The highest BCUT2D eigenvalue weighted by Crippen LogP contribution is 2.20. The molecule has 0 fully saturated rings. The second-order valence-electron chi connectivity index (χ2n) is 3.89. The van der Waals surface area contributed by atoms with E-state index < -0.39 is 0 Å². The molecule has 2 rings (SSSR count). The minimum atomic E-state index is 0.448. The van der Waals surface area contributed by atoms with Crippen LogP contribution in [0, 0.1) is 0 Å². The maximum atomic E-state index is 5.60. The molecule has 1 aromatic heterocycles. The lowest BCUT2D eigenvalue weighted by atomic mass is 10.1. The van der Waals surface area contributed by atoms with E-state index in [1.807, 2.05) is 30.3 Å². The summed E-state index contributed by atoms with van der Waals surface area (Å²) < 4.78 is 10.6. The monoisotopic (exact) mass is 244 g/mol. The molecule has 0 spiro atoms. The first kappa shape index (κ1) is 12.4. The van der Waals surface area contributed by atoms with Crippen LogP contribution in [0.2, 0.25) is 0 Å². The van der Waals surface area contributed by atoms with E-state index in [0.717, 1.165) is 18.8 Å². The number of ether oxygens (including phenoxy) is 2. The van der Waals surface area contributed by atoms with E-state index in [1.165, 1.54) is 5.56 Å². The average Bonchev–Trinajstić information content (AvgIpc) is 2.38. The minimum Gasteiger partial charge on any atom is -0.439 e. The number of nitrogens with zero attached hydrogens (tertiary/aromatic N) is 1. The molecule has 0 radical (unpaired) electrons. The number of hydrogen-bond acceptors (Lipinski definition) is 4. The van der Waals surface area contributed by atoms with Crippen molar-refractivity contribution < 1.29 is 9.47 Å². The summed E-state index contributed by atoms with van der Waals surface area (Å²) in [5, 5.41) is 0. The van der Waals surface area contributed by atoms with Gasteiger partial charge in [-0.05, 0) is 30.2 Å². The van der Waals surface area contributed by atoms with E-state index in [2.05, 4.69) is 4.98 Å². The number of methoxy groups -OCH3 is 1. The maximum absolute atomic E-state index is 5.60. The molecule has 0 bridgehead atoms. The van der Waals surface area contributed by atoms with Gasteiger partial charge in [0.1, 0.15) is 11.6 Å². The zero-order valence-electron chi connectivity index (χ0n) is 10.3. The Kier molecular flexibility index (Phi) is 4.15. The van der Waals surface area contributed by atoms with Gasteiger partial charge in [-0.15, -0.1) is 0 Å². The van der Waals surface area contributed by atoms with Crippen molar-refractivity contribution in [3.63, 3.8) is 0 Å². The fourth-order valence-corrected chi connectivity index (χ4v) is 1.55. The Morgan fingerprint density at radius 1 is 1.11 bits per heavy atom. The molecule has 0 aliphatic heterocycles. The van der Waals surface area contributed by atoms with Crippen molar-refractivity contribution in [1.82, 2.24) is 4.98 Å². The molecule has 0 aliphatic rings. The van der Waals surface area contributed by atoms with Gasteiger partial charge in [-0.25, -0.2) is 0 Å². The zero-order chi connectivity index (χ0) is 12.8. The molecule has 2 N–H and O–H groups in total. The number of rotatable bonds is 5. The van der Waals surface area contributed by atoms with E-state index in [0.29, 0.717) is 11.7 Å². The van der Waals surface area contributed by atoms with E-state index in [9.17, 15) is 0 Å². The van der Waals surface area contributed by atoms with Crippen LogP contribution < -0.4 is 10.5 Å². The van der Waals surface area contributed by atoms with Crippen molar-refractivity contribution in [3.8, 4) is 11.6 Å². The second kappa shape index (κ2) is 6.02. The normalized spacial score (nSPS) is 10.3. The van der Waals surface area contributed by atoms with E-state index in [-0.39, 0.29) is 0 Å². The summed E-state index contributed by atoms with van der Waals surface area (Å²) in [6, 6.07) is 13.2. The third kappa shape index (κ3) is 3.46. The van der Waals surface area contributed by atoms with Gasteiger partial charge in [-0.2, -0.15) is 4.98 Å². The lowest BCUT2D eigenvalue weighted by molar-refractivity contribution is 0.202. The Labute approximate surface area is 106 Å². The van der Waals surface area contributed by atoms with Crippen LogP contribution in [0.4, 0.5) is 5.82 Å². The molecule has 1 aromatic carbocycles. The Morgan fingerprint density at radius 3 is 2.56 bits per heavy atom. The van der Waals surface area contributed by atoms with Crippen molar-refractivity contribution in [1.29, 1.82) is 0 Å². The molecule has 0 amide bonds. The number of hydrogen-bond donors (Lipinski definition) is 1. The largest absolute Gasteiger partial charge is 0.439 e. The van der Waals surface area contributed by atoms with Crippen molar-refractivity contribution in [2.75, 3.05) is 19.5 Å². The maximum Gasteiger partial charge on any atom is 0.221 e. The highest BCUT2D eigenvalue weighted by atomic mass is 16.5. The molecule has 0 atom stereocenters. The van der Waals surface area contributed by atoms with E-state index in [1.54, 1.807) is 19.2 Å². The van der Waals surface area contributed by atoms with Crippen LogP contribution in [0.3, 0.4) is 0 Å². The molecule has 2 aromatic rings. The Hall–Kier alpha value is -2.07. The Morgan fingerprint density at radius 2 is 1.89 bits per heavy atom. The molecule has 1 heterocycles. The molecule has 0 aliphatic carbocycles. The van der Waals surface area contributed by atoms with Gasteiger partial charge in [-0.1, -0.05) is 18.2 Å². The predicted molar refractivity (Wildman–Crippen MR) is 70.7 cm³/mol. The van der Waals surface area contributed by atoms with Crippen LogP contribution in [0.1, 0.15) is 5.56 Å². The summed E-state index contributed by atoms with van der Waals surface area (Å²) in [6.45, 7) is 0.719. The summed E-state index contributed by atoms with van der Waals surface area (Å²) >= 11 is 0. The van der Waals surface area contributed by atoms with Gasteiger partial charge in [0.2, 0.25) is 5.88 Å². The second-order valence-corrected chi connectivity index (χ2v) is 3.89.